The molecule has 1 fully saturated rings. The summed E-state index contributed by atoms with van der Waals surface area (Å²) in [5.41, 5.74) is 1.53. The van der Waals surface area contributed by atoms with Crippen LogP contribution in [-0.4, -0.2) is 23.1 Å². The van der Waals surface area contributed by atoms with Crippen LogP contribution in [0.5, 0.6) is 0 Å². The zero-order chi connectivity index (χ0) is 18.0. The van der Waals surface area contributed by atoms with Gasteiger partial charge in [-0.1, -0.05) is 31.2 Å². The van der Waals surface area contributed by atoms with Crippen LogP contribution in [0.2, 0.25) is 0 Å². The summed E-state index contributed by atoms with van der Waals surface area (Å²) in [6.07, 6.45) is -3.50. The largest absolute Gasteiger partial charge is 0.416 e. The number of rotatable bonds is 3. The van der Waals surface area contributed by atoms with Gasteiger partial charge >= 0.3 is 6.18 Å². The molecule has 0 aliphatic carbocycles. The number of carbonyl (C=O) groups is 1. The van der Waals surface area contributed by atoms with Gasteiger partial charge < -0.3 is 4.90 Å². The first-order valence-electron chi connectivity index (χ1n) is 8.09. The zero-order valence-corrected chi connectivity index (χ0v) is 14.5. The van der Waals surface area contributed by atoms with Crippen molar-refractivity contribution in [2.45, 2.75) is 24.9 Å². The van der Waals surface area contributed by atoms with E-state index in [0.29, 0.717) is 23.4 Å². The Morgan fingerprint density at radius 1 is 1.20 bits per heavy atom. The summed E-state index contributed by atoms with van der Waals surface area (Å²) in [7, 11) is 0. The number of alkyl halides is 3. The lowest BCUT2D eigenvalue weighted by Crippen LogP contribution is -2.30. The Bertz CT molecular complexity index is 758. The minimum absolute atomic E-state index is 0.143. The molecule has 0 N–H and O–H groups in total. The molecule has 1 amide bonds. The lowest BCUT2D eigenvalue weighted by molar-refractivity contribution is -0.137. The average molecular weight is 365 g/mol. The molecule has 0 aromatic heterocycles. The third-order valence-electron chi connectivity index (χ3n) is 4.26. The number of nitrogens with zero attached hydrogens (tertiary/aromatic N) is 1. The second-order valence-corrected chi connectivity index (χ2v) is 7.08. The maximum atomic E-state index is 13.0. The van der Waals surface area contributed by atoms with Crippen LogP contribution in [0.3, 0.4) is 0 Å². The first-order valence-corrected chi connectivity index (χ1v) is 9.13. The molecule has 0 bridgehead atoms. The number of carbonyl (C=O) groups excluding carboxylic acids is 1. The van der Waals surface area contributed by atoms with E-state index >= 15 is 0 Å². The van der Waals surface area contributed by atoms with Crippen molar-refractivity contribution in [3.8, 4) is 0 Å². The predicted molar refractivity (Wildman–Crippen MR) is 93.5 cm³/mol. The fourth-order valence-electron chi connectivity index (χ4n) is 2.87. The number of halogens is 3. The third-order valence-corrected chi connectivity index (χ3v) is 5.52. The van der Waals surface area contributed by atoms with E-state index in [9.17, 15) is 18.0 Å². The van der Waals surface area contributed by atoms with Gasteiger partial charge in [-0.05, 0) is 41.8 Å². The topological polar surface area (TPSA) is 20.3 Å². The summed E-state index contributed by atoms with van der Waals surface area (Å²) in [5.74, 6) is 0.565. The summed E-state index contributed by atoms with van der Waals surface area (Å²) in [6, 6.07) is 12.6. The van der Waals surface area contributed by atoms with Gasteiger partial charge in [0.05, 0.1) is 5.56 Å². The lowest BCUT2D eigenvalue weighted by Gasteiger charge is -2.25. The number of aryl methyl sites for hydroxylation is 1. The van der Waals surface area contributed by atoms with Crippen LogP contribution >= 0.6 is 11.8 Å². The van der Waals surface area contributed by atoms with Crippen LogP contribution in [0.25, 0.3) is 0 Å². The van der Waals surface area contributed by atoms with Gasteiger partial charge in [0.2, 0.25) is 0 Å². The molecular formula is C19H18F3NOS. The van der Waals surface area contributed by atoms with Crippen LogP contribution in [0, 0.1) is 0 Å². The highest BCUT2D eigenvalue weighted by Crippen LogP contribution is 2.40. The maximum Gasteiger partial charge on any atom is 0.416 e. The Balaban J connectivity index is 1.86. The van der Waals surface area contributed by atoms with Gasteiger partial charge in [0.15, 0.2) is 0 Å². The van der Waals surface area contributed by atoms with Crippen LogP contribution in [0.1, 0.15) is 39.3 Å². The number of hydrogen-bond donors (Lipinski definition) is 0. The average Bonchev–Trinajstić information content (AvgIpc) is 3.10. The molecule has 1 atom stereocenters. The van der Waals surface area contributed by atoms with Crippen molar-refractivity contribution in [1.82, 2.24) is 4.90 Å². The molecular weight excluding hydrogens is 347 g/mol. The molecule has 0 saturated carbocycles. The Morgan fingerprint density at radius 2 is 1.92 bits per heavy atom. The van der Waals surface area contributed by atoms with Crippen molar-refractivity contribution in [1.29, 1.82) is 0 Å². The monoisotopic (exact) mass is 365 g/mol. The van der Waals surface area contributed by atoms with E-state index in [1.807, 2.05) is 19.1 Å². The molecule has 1 saturated heterocycles. The molecule has 2 aromatic carbocycles. The van der Waals surface area contributed by atoms with Gasteiger partial charge in [-0.25, -0.2) is 0 Å². The lowest BCUT2D eigenvalue weighted by atomic mass is 10.1. The van der Waals surface area contributed by atoms with Crippen LogP contribution < -0.4 is 0 Å². The van der Waals surface area contributed by atoms with Crippen molar-refractivity contribution in [2.24, 2.45) is 0 Å². The smallest absolute Gasteiger partial charge is 0.322 e. The Morgan fingerprint density at radius 3 is 2.56 bits per heavy atom. The minimum Gasteiger partial charge on any atom is -0.322 e. The van der Waals surface area contributed by atoms with Crippen LogP contribution in [0.15, 0.2) is 48.5 Å². The Labute approximate surface area is 149 Å². The van der Waals surface area contributed by atoms with Crippen molar-refractivity contribution in [3.63, 3.8) is 0 Å². The van der Waals surface area contributed by atoms with Crippen molar-refractivity contribution < 1.29 is 18.0 Å². The highest BCUT2D eigenvalue weighted by atomic mass is 32.2. The molecule has 1 aliphatic heterocycles. The fraction of sp³-hybridized carbons (Fsp3) is 0.316. The van der Waals surface area contributed by atoms with E-state index in [1.165, 1.54) is 17.8 Å². The van der Waals surface area contributed by atoms with E-state index in [0.717, 1.165) is 24.1 Å². The second-order valence-electron chi connectivity index (χ2n) is 5.90. The molecule has 1 heterocycles. The first kappa shape index (κ1) is 17.9. The van der Waals surface area contributed by atoms with Gasteiger partial charge in [0.25, 0.3) is 5.91 Å². The Hall–Kier alpha value is -1.95. The molecule has 0 radical (unpaired) electrons. The standard InChI is InChI=1S/C19H18F3NOS/c1-2-13-6-8-14(9-7-13)17(24)23-10-11-25-18(23)15-4-3-5-16(12-15)19(20,21)22/h3-9,12,18H,2,10-11H2,1H3/t18-/m0/s1. The predicted octanol–water partition coefficient (Wildman–Crippen LogP) is 5.16. The number of amides is 1. The number of hydrogen-bond acceptors (Lipinski definition) is 2. The molecule has 132 valence electrons. The van der Waals surface area contributed by atoms with Gasteiger partial charge in [-0.3, -0.25) is 4.79 Å². The normalized spacial score (nSPS) is 17.8. The maximum absolute atomic E-state index is 13.0. The summed E-state index contributed by atoms with van der Waals surface area (Å²) in [5, 5.41) is -0.388. The van der Waals surface area contributed by atoms with Crippen molar-refractivity contribution in [2.75, 3.05) is 12.3 Å². The minimum atomic E-state index is -4.38. The van der Waals surface area contributed by atoms with E-state index in [4.69, 9.17) is 0 Å². The molecule has 1 aliphatic rings. The molecule has 0 spiro atoms. The second kappa shape index (κ2) is 7.12. The van der Waals surface area contributed by atoms with E-state index in [-0.39, 0.29) is 11.3 Å². The highest BCUT2D eigenvalue weighted by molar-refractivity contribution is 7.99. The van der Waals surface area contributed by atoms with E-state index in [1.54, 1.807) is 23.1 Å². The van der Waals surface area contributed by atoms with Gasteiger partial charge in [0, 0.05) is 17.9 Å². The van der Waals surface area contributed by atoms with Crippen molar-refractivity contribution in [3.05, 3.63) is 70.8 Å². The molecule has 2 nitrogen and oxygen atoms in total. The quantitative estimate of drug-likeness (QED) is 0.749. The summed E-state index contributed by atoms with van der Waals surface area (Å²) in [6.45, 7) is 2.57. The third kappa shape index (κ3) is 3.84. The fourth-order valence-corrected chi connectivity index (χ4v) is 4.12. The Kier molecular flexibility index (Phi) is 5.08. The van der Waals surface area contributed by atoms with E-state index in [2.05, 4.69) is 0 Å². The van der Waals surface area contributed by atoms with E-state index < -0.39 is 11.7 Å². The highest BCUT2D eigenvalue weighted by Gasteiger charge is 2.34. The summed E-state index contributed by atoms with van der Waals surface area (Å²) in [4.78, 5) is 14.5. The molecule has 0 unspecified atom stereocenters. The summed E-state index contributed by atoms with van der Waals surface area (Å²) >= 11 is 1.49. The van der Waals surface area contributed by atoms with Crippen LogP contribution in [0.4, 0.5) is 13.2 Å². The SMILES string of the molecule is CCc1ccc(C(=O)N2CCS[C@H]2c2cccc(C(F)(F)F)c2)cc1. The number of thioether (sulfide) groups is 1. The summed E-state index contributed by atoms with van der Waals surface area (Å²) < 4.78 is 38.9. The molecule has 6 heteroatoms. The van der Waals surface area contributed by atoms with Gasteiger partial charge in [0.1, 0.15) is 5.37 Å². The zero-order valence-electron chi connectivity index (χ0n) is 13.7. The van der Waals surface area contributed by atoms with Crippen molar-refractivity contribution >= 4 is 17.7 Å². The molecule has 3 rings (SSSR count). The van der Waals surface area contributed by atoms with Gasteiger partial charge in [-0.15, -0.1) is 11.8 Å². The number of benzene rings is 2. The molecule has 25 heavy (non-hydrogen) atoms. The molecule has 2 aromatic rings. The first-order chi connectivity index (χ1) is 11.9. The van der Waals surface area contributed by atoms with Crippen LogP contribution in [-0.2, 0) is 12.6 Å². The van der Waals surface area contributed by atoms with Gasteiger partial charge in [-0.2, -0.15) is 13.2 Å².